The SMILES string of the molecule is O=C(NS(=O)(=O)c1cc(Cl)ccc1Cl)c1nnn(-c2ccc(OC(F)(F)F)cc2Cl)c1C1CC1. The van der Waals surface area contributed by atoms with Crippen LogP contribution in [-0.4, -0.2) is 35.7 Å². The number of nitrogens with one attached hydrogen (secondary N) is 1. The molecule has 0 unspecified atom stereocenters. The summed E-state index contributed by atoms with van der Waals surface area (Å²) in [6, 6.07) is 6.92. The first-order valence-corrected chi connectivity index (χ1v) is 12.0. The molecular weight excluding hydrogens is 544 g/mol. The Balaban J connectivity index is 1.67. The first-order valence-electron chi connectivity index (χ1n) is 9.39. The topological polar surface area (TPSA) is 103 Å². The molecule has 34 heavy (non-hydrogen) atoms. The molecule has 180 valence electrons. The van der Waals surface area contributed by atoms with Crippen LogP contribution in [0.5, 0.6) is 5.75 Å². The molecule has 0 atom stereocenters. The third kappa shape index (κ3) is 5.24. The van der Waals surface area contributed by atoms with Crippen molar-refractivity contribution in [2.45, 2.75) is 30.0 Å². The van der Waals surface area contributed by atoms with Crippen molar-refractivity contribution in [1.29, 1.82) is 0 Å². The Labute approximate surface area is 205 Å². The highest BCUT2D eigenvalue weighted by atomic mass is 35.5. The quantitative estimate of drug-likeness (QED) is 0.453. The molecule has 0 saturated heterocycles. The predicted octanol–water partition coefficient (Wildman–Crippen LogP) is 5.12. The van der Waals surface area contributed by atoms with Gasteiger partial charge in [0.2, 0.25) is 0 Å². The van der Waals surface area contributed by atoms with E-state index in [1.54, 1.807) is 0 Å². The molecule has 0 radical (unpaired) electrons. The fraction of sp³-hybridized carbons (Fsp3) is 0.211. The van der Waals surface area contributed by atoms with E-state index in [1.165, 1.54) is 22.9 Å². The number of hydrogen-bond acceptors (Lipinski definition) is 6. The molecular formula is C19H12Cl3F3N4O4S. The zero-order valence-electron chi connectivity index (χ0n) is 16.6. The lowest BCUT2D eigenvalue weighted by atomic mass is 10.2. The molecule has 1 amide bonds. The molecule has 0 spiro atoms. The summed E-state index contributed by atoms with van der Waals surface area (Å²) in [5, 5.41) is 7.48. The molecule has 1 fully saturated rings. The van der Waals surface area contributed by atoms with Crippen LogP contribution in [0.2, 0.25) is 15.1 Å². The van der Waals surface area contributed by atoms with Crippen molar-refractivity contribution in [1.82, 2.24) is 19.7 Å². The van der Waals surface area contributed by atoms with Gasteiger partial charge in [0.1, 0.15) is 10.6 Å². The van der Waals surface area contributed by atoms with E-state index in [-0.39, 0.29) is 38.1 Å². The van der Waals surface area contributed by atoms with Gasteiger partial charge in [-0.15, -0.1) is 18.3 Å². The van der Waals surface area contributed by atoms with Gasteiger partial charge in [0.25, 0.3) is 15.9 Å². The lowest BCUT2D eigenvalue weighted by Crippen LogP contribution is -2.31. The summed E-state index contributed by atoms with van der Waals surface area (Å²) in [7, 11) is -4.41. The van der Waals surface area contributed by atoms with Crippen LogP contribution >= 0.6 is 34.8 Å². The number of hydrogen-bond donors (Lipinski definition) is 1. The fourth-order valence-electron chi connectivity index (χ4n) is 3.12. The molecule has 1 N–H and O–H groups in total. The van der Waals surface area contributed by atoms with Crippen molar-refractivity contribution in [2.75, 3.05) is 0 Å². The zero-order valence-corrected chi connectivity index (χ0v) is 19.7. The summed E-state index contributed by atoms with van der Waals surface area (Å²) in [6.45, 7) is 0. The second kappa shape index (κ2) is 8.91. The minimum absolute atomic E-state index is 0.0921. The van der Waals surface area contributed by atoms with Gasteiger partial charge in [-0.25, -0.2) is 17.8 Å². The Hall–Kier alpha value is -2.54. The van der Waals surface area contributed by atoms with Crippen LogP contribution in [0.25, 0.3) is 5.69 Å². The Kier molecular flexibility index (Phi) is 6.44. The molecule has 1 aliphatic rings. The van der Waals surface area contributed by atoms with E-state index < -0.39 is 32.9 Å². The molecule has 2 aromatic carbocycles. The maximum Gasteiger partial charge on any atom is 0.573 e. The molecule has 0 bridgehead atoms. The maximum atomic E-state index is 12.9. The van der Waals surface area contributed by atoms with Crippen molar-refractivity contribution in [2.24, 2.45) is 0 Å². The van der Waals surface area contributed by atoms with Crippen LogP contribution < -0.4 is 9.46 Å². The Morgan fingerprint density at radius 3 is 2.41 bits per heavy atom. The first kappa shape index (κ1) is 24.6. The van der Waals surface area contributed by atoms with E-state index in [1.807, 2.05) is 4.72 Å². The smallest absolute Gasteiger partial charge is 0.406 e. The van der Waals surface area contributed by atoms with E-state index in [0.29, 0.717) is 12.8 Å². The molecule has 0 aliphatic heterocycles. The van der Waals surface area contributed by atoms with E-state index in [9.17, 15) is 26.4 Å². The number of ether oxygens (including phenoxy) is 1. The third-order valence-corrected chi connectivity index (χ3v) is 7.03. The van der Waals surface area contributed by atoms with Gasteiger partial charge < -0.3 is 4.74 Å². The van der Waals surface area contributed by atoms with E-state index in [2.05, 4.69) is 15.0 Å². The number of alkyl halides is 3. The van der Waals surface area contributed by atoms with Crippen LogP contribution in [-0.2, 0) is 10.0 Å². The highest BCUT2D eigenvalue weighted by Gasteiger charge is 2.36. The predicted molar refractivity (Wildman–Crippen MR) is 116 cm³/mol. The normalized spacial score (nSPS) is 14.2. The number of halogens is 6. The summed E-state index contributed by atoms with van der Waals surface area (Å²) in [5.41, 5.74) is 0.109. The fourth-order valence-corrected chi connectivity index (χ4v) is 5.08. The number of aromatic nitrogens is 3. The molecule has 1 heterocycles. The number of rotatable bonds is 6. The van der Waals surface area contributed by atoms with Gasteiger partial charge in [-0.05, 0) is 43.2 Å². The summed E-state index contributed by atoms with van der Waals surface area (Å²) in [4.78, 5) is 12.5. The second-order valence-electron chi connectivity index (χ2n) is 7.18. The minimum atomic E-state index is -4.90. The molecule has 1 aromatic heterocycles. The van der Waals surface area contributed by atoms with Crippen LogP contribution in [0.15, 0.2) is 41.3 Å². The molecule has 1 saturated carbocycles. The lowest BCUT2D eigenvalue weighted by Gasteiger charge is -2.12. The summed E-state index contributed by atoms with van der Waals surface area (Å²) in [5.74, 6) is -1.80. The highest BCUT2D eigenvalue weighted by Crippen LogP contribution is 2.43. The maximum absolute atomic E-state index is 12.9. The van der Waals surface area contributed by atoms with Crippen LogP contribution in [0.3, 0.4) is 0 Å². The summed E-state index contributed by atoms with van der Waals surface area (Å²) in [6.07, 6.45) is -3.58. The Morgan fingerprint density at radius 2 is 1.79 bits per heavy atom. The molecule has 15 heteroatoms. The number of carbonyl (C=O) groups excluding carboxylic acids is 1. The van der Waals surface area contributed by atoms with E-state index in [4.69, 9.17) is 34.8 Å². The van der Waals surface area contributed by atoms with E-state index >= 15 is 0 Å². The molecule has 3 aromatic rings. The summed E-state index contributed by atoms with van der Waals surface area (Å²) < 4.78 is 69.7. The van der Waals surface area contributed by atoms with Gasteiger partial charge in [0, 0.05) is 17.0 Å². The number of sulfonamides is 1. The van der Waals surface area contributed by atoms with Gasteiger partial charge in [-0.1, -0.05) is 40.0 Å². The average Bonchev–Trinajstić information content (AvgIpc) is 3.46. The Bertz CT molecular complexity index is 1390. The lowest BCUT2D eigenvalue weighted by molar-refractivity contribution is -0.274. The largest absolute Gasteiger partial charge is 0.573 e. The van der Waals surface area contributed by atoms with Crippen molar-refractivity contribution in [3.63, 3.8) is 0 Å². The second-order valence-corrected chi connectivity index (χ2v) is 10.1. The number of nitrogens with zero attached hydrogens (tertiary/aromatic N) is 3. The number of carbonyl (C=O) groups is 1. The van der Waals surface area contributed by atoms with Crippen molar-refractivity contribution in [3.8, 4) is 11.4 Å². The first-order chi connectivity index (χ1) is 15.9. The van der Waals surface area contributed by atoms with Crippen molar-refractivity contribution < 1.29 is 31.1 Å². The average molecular weight is 556 g/mol. The van der Waals surface area contributed by atoms with Crippen LogP contribution in [0.4, 0.5) is 13.2 Å². The van der Waals surface area contributed by atoms with E-state index in [0.717, 1.165) is 18.2 Å². The molecule has 8 nitrogen and oxygen atoms in total. The monoisotopic (exact) mass is 554 g/mol. The number of benzene rings is 2. The molecule has 1 aliphatic carbocycles. The minimum Gasteiger partial charge on any atom is -0.406 e. The van der Waals surface area contributed by atoms with Gasteiger partial charge in [-0.2, -0.15) is 0 Å². The van der Waals surface area contributed by atoms with Gasteiger partial charge in [-0.3, -0.25) is 4.79 Å². The van der Waals surface area contributed by atoms with Gasteiger partial charge in [0.15, 0.2) is 5.69 Å². The van der Waals surface area contributed by atoms with Gasteiger partial charge in [0.05, 0.1) is 21.4 Å². The standard InChI is InChI=1S/C19H12Cl3F3N4O4S/c20-10-3-5-12(21)15(7-10)34(31,32)27-18(30)16-17(9-1-2-9)29(28-26-16)14-6-4-11(8-13(14)22)33-19(23,24)25/h3-9H,1-2H2,(H,27,30). The zero-order chi connectivity index (χ0) is 24.8. The summed E-state index contributed by atoms with van der Waals surface area (Å²) >= 11 is 17.9. The van der Waals surface area contributed by atoms with Crippen LogP contribution in [0, 0.1) is 0 Å². The Morgan fingerprint density at radius 1 is 1.09 bits per heavy atom. The van der Waals surface area contributed by atoms with Crippen LogP contribution in [0.1, 0.15) is 34.9 Å². The van der Waals surface area contributed by atoms with Crippen molar-refractivity contribution in [3.05, 3.63) is 62.9 Å². The third-order valence-electron chi connectivity index (χ3n) is 4.67. The van der Waals surface area contributed by atoms with Gasteiger partial charge >= 0.3 is 6.36 Å². The van der Waals surface area contributed by atoms with Crippen molar-refractivity contribution >= 4 is 50.7 Å². The molecule has 4 rings (SSSR count). The highest BCUT2D eigenvalue weighted by molar-refractivity contribution is 7.90. The number of amides is 1.